The third kappa shape index (κ3) is 6.34. The molecule has 0 aliphatic carbocycles. The molecule has 232 valence electrons. The zero-order chi connectivity index (χ0) is 33.0. The molecule has 1 atom stereocenters. The number of nitrogens with zero attached hydrogens (tertiary/aromatic N) is 1. The second kappa shape index (κ2) is 13.4. The molecule has 0 amide bonds. The van der Waals surface area contributed by atoms with Crippen LogP contribution in [0.15, 0.2) is 146 Å². The van der Waals surface area contributed by atoms with E-state index in [0.29, 0.717) is 0 Å². The van der Waals surface area contributed by atoms with Crippen molar-refractivity contribution in [1.82, 2.24) is 4.98 Å². The number of hydrogen-bond acceptors (Lipinski definition) is 2. The van der Waals surface area contributed by atoms with Crippen molar-refractivity contribution < 1.29 is 0 Å². The lowest BCUT2D eigenvalue weighted by Gasteiger charge is -2.24. The average molecular weight is 619 g/mol. The maximum Gasteiger partial charge on any atom is 0.0947 e. The number of anilines is 1. The van der Waals surface area contributed by atoms with Crippen LogP contribution < -0.4 is 15.8 Å². The molecule has 0 spiro atoms. The Kier molecular flexibility index (Phi) is 8.55. The first-order chi connectivity index (χ1) is 23.4. The predicted octanol–water partition coefficient (Wildman–Crippen LogP) is 10.4. The van der Waals surface area contributed by atoms with E-state index in [1.165, 1.54) is 22.3 Å². The van der Waals surface area contributed by atoms with Gasteiger partial charge in [0.05, 0.1) is 22.9 Å². The summed E-state index contributed by atoms with van der Waals surface area (Å²) in [6.45, 7) is 12.9. The average Bonchev–Trinajstić information content (AvgIpc) is 3.15. The van der Waals surface area contributed by atoms with Crippen LogP contribution in [0.1, 0.15) is 46.3 Å². The standard InChI is InChI=1S/C46H38N2/c1-31(35-12-7-5-8-13-35)18-20-36-22-23-37(34(4)33(36)3)21-19-32(2)41-16-11-17-42(30-41)44-29-27-40-25-24-39-26-28-43(38-14-9-6-10-15-38)47-45(39)46(40)48-44/h5-30,44,48H,1,4H2,2-3H3/b20-18-,32-19+,37-21-. The van der Waals surface area contributed by atoms with Gasteiger partial charge >= 0.3 is 0 Å². The number of nitrogens with one attached hydrogen (secondary N) is 1. The summed E-state index contributed by atoms with van der Waals surface area (Å²) < 4.78 is 0. The molecule has 2 heteroatoms. The van der Waals surface area contributed by atoms with Crippen LogP contribution in [0, 0.1) is 6.92 Å². The van der Waals surface area contributed by atoms with Crippen molar-refractivity contribution in [2.75, 3.05) is 5.32 Å². The number of fused-ring (bicyclic) bond motifs is 3. The van der Waals surface area contributed by atoms with Crippen LogP contribution in [0.4, 0.5) is 5.69 Å². The van der Waals surface area contributed by atoms with Crippen LogP contribution in [0.5, 0.6) is 0 Å². The molecule has 1 aromatic heterocycles. The van der Waals surface area contributed by atoms with E-state index in [1.807, 2.05) is 24.3 Å². The highest BCUT2D eigenvalue weighted by Gasteiger charge is 2.18. The van der Waals surface area contributed by atoms with E-state index in [1.54, 1.807) is 0 Å². The molecule has 2 heterocycles. The number of hydrogen-bond donors (Lipinski definition) is 1. The van der Waals surface area contributed by atoms with Gasteiger partial charge in [0.25, 0.3) is 0 Å². The lowest BCUT2D eigenvalue weighted by atomic mass is 9.95. The van der Waals surface area contributed by atoms with Gasteiger partial charge in [0.2, 0.25) is 0 Å². The van der Waals surface area contributed by atoms with Gasteiger partial charge in [-0.25, -0.2) is 4.98 Å². The third-order valence-electron chi connectivity index (χ3n) is 9.23. The Balaban J connectivity index is 1.13. The van der Waals surface area contributed by atoms with Crippen molar-refractivity contribution >= 4 is 52.5 Å². The molecule has 0 fully saturated rings. The summed E-state index contributed by atoms with van der Waals surface area (Å²) in [7, 11) is 0. The van der Waals surface area contributed by atoms with Crippen molar-refractivity contribution in [3.8, 4) is 11.3 Å². The minimum Gasteiger partial charge on any atom is -0.372 e. The lowest BCUT2D eigenvalue weighted by molar-refractivity contribution is 0.980. The normalized spacial score (nSPS) is 14.7. The topological polar surface area (TPSA) is 24.9 Å². The Morgan fingerprint density at radius 3 is 2.38 bits per heavy atom. The van der Waals surface area contributed by atoms with E-state index >= 15 is 0 Å². The van der Waals surface area contributed by atoms with Gasteiger partial charge < -0.3 is 5.32 Å². The molecule has 0 saturated carbocycles. The molecule has 2 nitrogen and oxygen atoms in total. The largest absolute Gasteiger partial charge is 0.372 e. The first kappa shape index (κ1) is 30.7. The molecule has 48 heavy (non-hydrogen) atoms. The van der Waals surface area contributed by atoms with Crippen molar-refractivity contribution in [2.24, 2.45) is 0 Å². The fourth-order valence-corrected chi connectivity index (χ4v) is 6.22. The molecule has 0 radical (unpaired) electrons. The van der Waals surface area contributed by atoms with E-state index in [2.05, 4.69) is 166 Å². The number of allylic oxidation sites excluding steroid dienone is 4. The predicted molar refractivity (Wildman–Crippen MR) is 208 cm³/mol. The van der Waals surface area contributed by atoms with Crippen molar-refractivity contribution in [3.05, 3.63) is 190 Å². The van der Waals surface area contributed by atoms with E-state index < -0.39 is 0 Å². The molecule has 1 unspecified atom stereocenters. The molecule has 1 aliphatic heterocycles. The Morgan fingerprint density at radius 2 is 1.56 bits per heavy atom. The van der Waals surface area contributed by atoms with Gasteiger partial charge in [0.15, 0.2) is 0 Å². The number of rotatable bonds is 7. The molecule has 6 aromatic rings. The fraction of sp³-hybridized carbons (Fsp3) is 0.0652. The van der Waals surface area contributed by atoms with E-state index in [4.69, 9.17) is 4.98 Å². The molecular formula is C46H38N2. The zero-order valence-electron chi connectivity index (χ0n) is 27.4. The molecule has 7 rings (SSSR count). The van der Waals surface area contributed by atoms with Crippen molar-refractivity contribution in [2.45, 2.75) is 19.9 Å². The smallest absolute Gasteiger partial charge is 0.0947 e. The van der Waals surface area contributed by atoms with Crippen LogP contribution >= 0.6 is 0 Å². The van der Waals surface area contributed by atoms with Crippen LogP contribution in [0.2, 0.25) is 0 Å². The van der Waals surface area contributed by atoms with Crippen LogP contribution in [0.3, 0.4) is 0 Å². The summed E-state index contributed by atoms with van der Waals surface area (Å²) in [6.07, 6.45) is 13.0. The highest BCUT2D eigenvalue weighted by atomic mass is 14.9. The summed E-state index contributed by atoms with van der Waals surface area (Å²) >= 11 is 0. The van der Waals surface area contributed by atoms with Gasteiger partial charge in [-0.3, -0.25) is 0 Å². The third-order valence-corrected chi connectivity index (χ3v) is 9.23. The van der Waals surface area contributed by atoms with Gasteiger partial charge in [-0.2, -0.15) is 0 Å². The SMILES string of the molecule is C=C(/C=C\c1cc/c(=C/C=C(\C)c2cccc(C3C=Cc4ccc5ccc(-c6ccccc6)nc5c4N3)c2)c(=C)c1C)c1ccccc1. The quantitative estimate of drug-likeness (QED) is 0.180. The minimum atomic E-state index is 0.0367. The van der Waals surface area contributed by atoms with Gasteiger partial charge in [0.1, 0.15) is 0 Å². The van der Waals surface area contributed by atoms with Gasteiger partial charge in [-0.15, -0.1) is 0 Å². The Labute approximate surface area is 283 Å². The van der Waals surface area contributed by atoms with Crippen LogP contribution in [-0.4, -0.2) is 4.98 Å². The maximum absolute atomic E-state index is 5.11. The first-order valence-corrected chi connectivity index (χ1v) is 16.4. The van der Waals surface area contributed by atoms with Crippen molar-refractivity contribution in [3.63, 3.8) is 0 Å². The van der Waals surface area contributed by atoms with Crippen molar-refractivity contribution in [1.29, 1.82) is 0 Å². The molecule has 1 N–H and O–H groups in total. The summed E-state index contributed by atoms with van der Waals surface area (Å²) in [5, 5.41) is 7.08. The Hall–Kier alpha value is -5.99. The summed E-state index contributed by atoms with van der Waals surface area (Å²) in [5.41, 5.74) is 13.3. The molecular weight excluding hydrogens is 581 g/mol. The number of aromatic nitrogens is 1. The van der Waals surface area contributed by atoms with E-state index in [-0.39, 0.29) is 6.04 Å². The van der Waals surface area contributed by atoms with E-state index in [9.17, 15) is 0 Å². The minimum absolute atomic E-state index is 0.0367. The van der Waals surface area contributed by atoms with Gasteiger partial charge in [0, 0.05) is 10.9 Å². The summed E-state index contributed by atoms with van der Waals surface area (Å²) in [4.78, 5) is 5.11. The van der Waals surface area contributed by atoms with Crippen LogP contribution in [0.25, 0.3) is 58.1 Å². The van der Waals surface area contributed by atoms with Crippen LogP contribution in [-0.2, 0) is 0 Å². The number of benzene rings is 5. The fourth-order valence-electron chi connectivity index (χ4n) is 6.22. The van der Waals surface area contributed by atoms with Gasteiger partial charge in [-0.05, 0) is 80.9 Å². The summed E-state index contributed by atoms with van der Waals surface area (Å²) in [5.74, 6) is 0. The molecule has 1 aliphatic rings. The second-order valence-electron chi connectivity index (χ2n) is 12.4. The Bertz CT molecular complexity index is 2360. The molecule has 5 aromatic carbocycles. The molecule has 0 bridgehead atoms. The highest BCUT2D eigenvalue weighted by molar-refractivity contribution is 5.97. The first-order valence-electron chi connectivity index (χ1n) is 16.4. The monoisotopic (exact) mass is 618 g/mol. The maximum atomic E-state index is 5.11. The number of pyridine rings is 1. The lowest BCUT2D eigenvalue weighted by Crippen LogP contribution is -2.26. The molecule has 0 saturated heterocycles. The van der Waals surface area contributed by atoms with E-state index in [0.717, 1.165) is 60.5 Å². The summed E-state index contributed by atoms with van der Waals surface area (Å²) in [6, 6.07) is 42.3. The second-order valence-corrected chi connectivity index (χ2v) is 12.4. The zero-order valence-corrected chi connectivity index (χ0v) is 27.4. The van der Waals surface area contributed by atoms with Gasteiger partial charge in [-0.1, -0.05) is 159 Å². The highest BCUT2D eigenvalue weighted by Crippen LogP contribution is 2.36. The Morgan fingerprint density at radius 1 is 0.812 bits per heavy atom.